The monoisotopic (exact) mass is 279 g/mol. The summed E-state index contributed by atoms with van der Waals surface area (Å²) in [7, 11) is -2.47. The van der Waals surface area contributed by atoms with Crippen LogP contribution < -0.4 is 5.32 Å². The minimum atomic E-state index is -4.17. The van der Waals surface area contributed by atoms with Crippen LogP contribution in [0.1, 0.15) is 5.56 Å². The number of rotatable bonds is 4. The van der Waals surface area contributed by atoms with Gasteiger partial charge in [0.25, 0.3) is 0 Å². The summed E-state index contributed by atoms with van der Waals surface area (Å²) in [5.41, 5.74) is 1.48. The molecule has 0 spiro atoms. The first-order chi connectivity index (χ1) is 8.99. The highest BCUT2D eigenvalue weighted by Crippen LogP contribution is 2.37. The predicted molar refractivity (Wildman–Crippen MR) is 74.2 cm³/mol. The second kappa shape index (κ2) is 5.40. The molecule has 2 aromatic rings. The zero-order valence-corrected chi connectivity index (χ0v) is 11.2. The van der Waals surface area contributed by atoms with E-state index in [1.165, 1.54) is 6.08 Å². The van der Waals surface area contributed by atoms with Gasteiger partial charge in [-0.25, -0.2) is 4.68 Å². The van der Waals surface area contributed by atoms with Gasteiger partial charge in [-0.2, -0.15) is 0 Å². The maximum atomic E-state index is 10.8. The van der Waals surface area contributed by atoms with E-state index in [4.69, 9.17) is 9.79 Å². The summed E-state index contributed by atoms with van der Waals surface area (Å²) < 4.78 is 12.5. The molecule has 7 heteroatoms. The molecule has 0 radical (unpaired) electrons. The van der Waals surface area contributed by atoms with Crippen LogP contribution in [0.25, 0.3) is 11.8 Å². The number of para-hydroxylation sites is 1. The van der Waals surface area contributed by atoms with Crippen LogP contribution in [0.5, 0.6) is 0 Å². The van der Waals surface area contributed by atoms with Crippen LogP contribution in [0, 0.1) is 0 Å². The van der Waals surface area contributed by atoms with Crippen molar-refractivity contribution in [3.05, 3.63) is 47.9 Å². The molecule has 0 bridgehead atoms. The lowest BCUT2D eigenvalue weighted by molar-refractivity contribution is 0.386. The third-order valence-corrected chi connectivity index (χ3v) is 2.99. The van der Waals surface area contributed by atoms with Crippen molar-refractivity contribution in [2.45, 2.75) is 0 Å². The van der Waals surface area contributed by atoms with Crippen LogP contribution in [-0.2, 0) is 4.57 Å². The van der Waals surface area contributed by atoms with Crippen LogP contribution in [-0.4, -0.2) is 26.6 Å². The highest BCUT2D eigenvalue weighted by molar-refractivity contribution is 7.55. The lowest BCUT2D eigenvalue weighted by Crippen LogP contribution is -1.95. The minimum Gasteiger partial charge on any atom is -0.371 e. The van der Waals surface area contributed by atoms with Crippen LogP contribution in [0.3, 0.4) is 0 Å². The van der Waals surface area contributed by atoms with Crippen molar-refractivity contribution < 1.29 is 14.4 Å². The van der Waals surface area contributed by atoms with Crippen LogP contribution in [0.4, 0.5) is 5.82 Å². The molecule has 1 aromatic heterocycles. The summed E-state index contributed by atoms with van der Waals surface area (Å²) in [6, 6.07) is 9.47. The second-order valence-electron chi connectivity index (χ2n) is 3.87. The lowest BCUT2D eigenvalue weighted by Gasteiger charge is -1.98. The van der Waals surface area contributed by atoms with Gasteiger partial charge < -0.3 is 15.1 Å². The standard InChI is InChI=1S/C12H14N3O3P/c1-13-12-10(7-8-19(16,17)18)9-15(14-12)11-5-3-2-4-6-11/h2-9H,1H3,(H,13,14)(H2,16,17,18)/b8-7+. The maximum absolute atomic E-state index is 10.8. The van der Waals surface area contributed by atoms with E-state index >= 15 is 0 Å². The van der Waals surface area contributed by atoms with E-state index < -0.39 is 7.60 Å². The Kier molecular flexibility index (Phi) is 3.85. The summed E-state index contributed by atoms with van der Waals surface area (Å²) >= 11 is 0. The summed E-state index contributed by atoms with van der Waals surface area (Å²) in [5.74, 6) is 1.41. The van der Waals surface area contributed by atoms with E-state index in [1.54, 1.807) is 17.9 Å². The zero-order valence-electron chi connectivity index (χ0n) is 10.3. The average Bonchev–Trinajstić information content (AvgIpc) is 2.80. The van der Waals surface area contributed by atoms with E-state index in [-0.39, 0.29) is 0 Å². The third-order valence-electron chi connectivity index (χ3n) is 2.45. The Hall–Kier alpha value is -1.88. The number of aromatic nitrogens is 2. The fraction of sp³-hybridized carbons (Fsp3) is 0.0833. The topological polar surface area (TPSA) is 87.4 Å². The molecule has 0 unspecified atom stereocenters. The summed E-state index contributed by atoms with van der Waals surface area (Å²) in [6.45, 7) is 0. The minimum absolute atomic E-state index is 0.550. The Labute approximate surface area is 110 Å². The SMILES string of the molecule is CNc1nn(-c2ccccc2)cc1/C=C/P(=O)(O)O. The Morgan fingerprint density at radius 3 is 2.58 bits per heavy atom. The molecule has 6 nitrogen and oxygen atoms in total. The normalized spacial score (nSPS) is 11.9. The smallest absolute Gasteiger partial charge is 0.349 e. The molecule has 100 valence electrons. The van der Waals surface area contributed by atoms with Gasteiger partial charge >= 0.3 is 7.60 Å². The van der Waals surface area contributed by atoms with Gasteiger partial charge in [-0.3, -0.25) is 4.57 Å². The summed E-state index contributed by atoms with van der Waals surface area (Å²) in [5, 5.41) is 7.19. The lowest BCUT2D eigenvalue weighted by atomic mass is 10.3. The molecular formula is C12H14N3O3P. The van der Waals surface area contributed by atoms with Crippen molar-refractivity contribution in [2.24, 2.45) is 0 Å². The van der Waals surface area contributed by atoms with Crippen LogP contribution >= 0.6 is 7.60 Å². The zero-order chi connectivity index (χ0) is 13.9. The van der Waals surface area contributed by atoms with Crippen LogP contribution in [0.15, 0.2) is 42.3 Å². The highest BCUT2D eigenvalue weighted by Gasteiger charge is 2.10. The van der Waals surface area contributed by atoms with E-state index in [1.807, 2.05) is 30.3 Å². The second-order valence-corrected chi connectivity index (χ2v) is 5.34. The fourth-order valence-electron chi connectivity index (χ4n) is 1.59. The van der Waals surface area contributed by atoms with Crippen molar-refractivity contribution in [3.8, 4) is 5.69 Å². The molecule has 0 amide bonds. The molecule has 1 heterocycles. The Bertz CT molecular complexity index is 631. The number of hydrogen-bond donors (Lipinski definition) is 3. The summed E-state index contributed by atoms with van der Waals surface area (Å²) in [6.07, 6.45) is 3.06. The molecule has 19 heavy (non-hydrogen) atoms. The molecule has 0 aliphatic rings. The molecule has 0 aliphatic heterocycles. The van der Waals surface area contributed by atoms with E-state index in [9.17, 15) is 4.57 Å². The van der Waals surface area contributed by atoms with Crippen molar-refractivity contribution >= 4 is 19.5 Å². The van der Waals surface area contributed by atoms with Gasteiger partial charge in [0, 0.05) is 24.6 Å². The molecule has 0 saturated carbocycles. The van der Waals surface area contributed by atoms with Crippen molar-refractivity contribution in [1.82, 2.24) is 9.78 Å². The molecule has 0 atom stereocenters. The van der Waals surface area contributed by atoms with Gasteiger partial charge in [-0.15, -0.1) is 5.10 Å². The van der Waals surface area contributed by atoms with Crippen molar-refractivity contribution in [2.75, 3.05) is 12.4 Å². The number of benzene rings is 1. The van der Waals surface area contributed by atoms with Gasteiger partial charge in [-0.05, 0) is 18.2 Å². The molecule has 2 rings (SSSR count). The van der Waals surface area contributed by atoms with Gasteiger partial charge in [0.15, 0.2) is 5.82 Å². The Morgan fingerprint density at radius 1 is 1.32 bits per heavy atom. The first kappa shape index (κ1) is 13.5. The molecule has 0 aliphatic carbocycles. The number of anilines is 1. The maximum Gasteiger partial charge on any atom is 0.349 e. The Balaban J connectivity index is 2.38. The predicted octanol–water partition coefficient (Wildman–Crippen LogP) is 2.06. The molecule has 0 fully saturated rings. The van der Waals surface area contributed by atoms with E-state index in [2.05, 4.69) is 10.4 Å². The molecule has 1 aromatic carbocycles. The number of hydrogen-bond acceptors (Lipinski definition) is 3. The van der Waals surface area contributed by atoms with Gasteiger partial charge in [0.05, 0.1) is 5.69 Å². The first-order valence-electron chi connectivity index (χ1n) is 5.57. The number of nitrogens with zero attached hydrogens (tertiary/aromatic N) is 2. The van der Waals surface area contributed by atoms with Gasteiger partial charge in [0.1, 0.15) is 0 Å². The third kappa shape index (κ3) is 3.54. The quantitative estimate of drug-likeness (QED) is 0.746. The van der Waals surface area contributed by atoms with Crippen molar-refractivity contribution in [1.29, 1.82) is 0 Å². The molecule has 3 N–H and O–H groups in total. The summed E-state index contributed by atoms with van der Waals surface area (Å²) in [4.78, 5) is 17.7. The van der Waals surface area contributed by atoms with E-state index in [0.717, 1.165) is 11.5 Å². The molecular weight excluding hydrogens is 265 g/mol. The van der Waals surface area contributed by atoms with Crippen LogP contribution in [0.2, 0.25) is 0 Å². The van der Waals surface area contributed by atoms with E-state index in [0.29, 0.717) is 11.4 Å². The average molecular weight is 279 g/mol. The first-order valence-corrected chi connectivity index (χ1v) is 7.25. The highest BCUT2D eigenvalue weighted by atomic mass is 31.2. The van der Waals surface area contributed by atoms with Gasteiger partial charge in [-0.1, -0.05) is 18.2 Å². The fourth-order valence-corrected chi connectivity index (χ4v) is 1.95. The molecule has 0 saturated heterocycles. The van der Waals surface area contributed by atoms with Crippen molar-refractivity contribution in [3.63, 3.8) is 0 Å². The van der Waals surface area contributed by atoms with Gasteiger partial charge in [0.2, 0.25) is 0 Å². The number of nitrogens with one attached hydrogen (secondary N) is 1. The Morgan fingerprint density at radius 2 is 2.00 bits per heavy atom. The largest absolute Gasteiger partial charge is 0.371 e.